The molecule has 1 N–H and O–H groups in total. The first-order chi connectivity index (χ1) is 13.2. The molecule has 1 aliphatic heterocycles. The molecule has 0 radical (unpaired) electrons. The molecule has 4 nitrogen and oxygen atoms in total. The van der Waals surface area contributed by atoms with Crippen LogP contribution in [0, 0.1) is 5.41 Å². The number of amides is 1. The lowest BCUT2D eigenvalue weighted by atomic mass is 9.89. The largest absolute Gasteiger partial charge is 0.478 e. The first-order valence-electron chi connectivity index (χ1n) is 10.1. The zero-order chi connectivity index (χ0) is 20.7. The lowest BCUT2D eigenvalue weighted by Gasteiger charge is -2.22. The maximum Gasteiger partial charge on any atom is 0.335 e. The van der Waals surface area contributed by atoms with Gasteiger partial charge in [-0.05, 0) is 55.7 Å². The van der Waals surface area contributed by atoms with Crippen LogP contribution in [0.5, 0.6) is 0 Å². The summed E-state index contributed by atoms with van der Waals surface area (Å²) in [5.41, 5.74) is 3.04. The molecule has 1 aromatic carbocycles. The fourth-order valence-corrected chi connectivity index (χ4v) is 3.31. The standard InChI is InChI=1S/C24H33NO3/c1-18(14-16-24(2,3)4)6-5-7-21-12-13-22(26)25(21)17-15-19-8-10-20(11-9-19)23(27)28/h5-11,21H,12-17H2,1-4H3,(H,27,28)/b7-5-,18-6+/t21-/m0/s1. The lowest BCUT2D eigenvalue weighted by molar-refractivity contribution is -0.128. The maximum atomic E-state index is 12.3. The molecule has 28 heavy (non-hydrogen) atoms. The van der Waals surface area contributed by atoms with Crippen LogP contribution in [0.3, 0.4) is 0 Å². The number of hydrogen-bond donors (Lipinski definition) is 1. The summed E-state index contributed by atoms with van der Waals surface area (Å²) in [5.74, 6) is -0.720. The predicted molar refractivity (Wildman–Crippen MR) is 113 cm³/mol. The van der Waals surface area contributed by atoms with Gasteiger partial charge in [0.1, 0.15) is 0 Å². The molecular weight excluding hydrogens is 350 g/mol. The van der Waals surface area contributed by atoms with Crippen LogP contribution in [-0.2, 0) is 11.2 Å². The average molecular weight is 384 g/mol. The van der Waals surface area contributed by atoms with E-state index < -0.39 is 5.97 Å². The van der Waals surface area contributed by atoms with Gasteiger partial charge in [-0.1, -0.05) is 56.7 Å². The van der Waals surface area contributed by atoms with E-state index in [-0.39, 0.29) is 17.5 Å². The number of hydrogen-bond acceptors (Lipinski definition) is 2. The fourth-order valence-electron chi connectivity index (χ4n) is 3.31. The molecule has 4 heteroatoms. The zero-order valence-corrected chi connectivity index (χ0v) is 17.6. The highest BCUT2D eigenvalue weighted by atomic mass is 16.4. The van der Waals surface area contributed by atoms with Crippen LogP contribution >= 0.6 is 0 Å². The summed E-state index contributed by atoms with van der Waals surface area (Å²) in [4.78, 5) is 25.1. The van der Waals surface area contributed by atoms with Crippen molar-refractivity contribution in [1.29, 1.82) is 0 Å². The zero-order valence-electron chi connectivity index (χ0n) is 17.6. The molecule has 0 aromatic heterocycles. The van der Waals surface area contributed by atoms with Crippen molar-refractivity contribution in [3.05, 3.63) is 59.2 Å². The van der Waals surface area contributed by atoms with Gasteiger partial charge in [0.2, 0.25) is 5.91 Å². The first-order valence-corrected chi connectivity index (χ1v) is 10.1. The van der Waals surface area contributed by atoms with Crippen molar-refractivity contribution in [3.63, 3.8) is 0 Å². The Morgan fingerprint density at radius 2 is 1.93 bits per heavy atom. The lowest BCUT2D eigenvalue weighted by Crippen LogP contribution is -2.33. The molecule has 1 aliphatic rings. The molecule has 1 fully saturated rings. The van der Waals surface area contributed by atoms with Crippen molar-refractivity contribution in [2.24, 2.45) is 5.41 Å². The fraction of sp³-hybridized carbons (Fsp3) is 0.500. The van der Waals surface area contributed by atoms with Crippen LogP contribution in [0.2, 0.25) is 0 Å². The number of rotatable bonds is 8. The van der Waals surface area contributed by atoms with Crippen molar-refractivity contribution in [2.45, 2.75) is 65.8 Å². The van der Waals surface area contributed by atoms with Crippen molar-refractivity contribution < 1.29 is 14.7 Å². The Kier molecular flexibility index (Phi) is 7.61. The molecule has 0 unspecified atom stereocenters. The average Bonchev–Trinajstić information content (AvgIpc) is 2.98. The van der Waals surface area contributed by atoms with E-state index in [1.807, 2.05) is 17.0 Å². The Bertz CT molecular complexity index is 738. The van der Waals surface area contributed by atoms with Crippen LogP contribution in [-0.4, -0.2) is 34.5 Å². The van der Waals surface area contributed by atoms with Crippen LogP contribution in [0.1, 0.15) is 69.3 Å². The normalized spacial score (nSPS) is 18.3. The van der Waals surface area contributed by atoms with Gasteiger partial charge in [0.25, 0.3) is 0 Å². The van der Waals surface area contributed by atoms with E-state index in [9.17, 15) is 9.59 Å². The Hall–Kier alpha value is -2.36. The summed E-state index contributed by atoms with van der Waals surface area (Å²) >= 11 is 0. The quantitative estimate of drug-likeness (QED) is 0.624. The van der Waals surface area contributed by atoms with Gasteiger partial charge in [-0.3, -0.25) is 4.79 Å². The molecule has 1 heterocycles. The van der Waals surface area contributed by atoms with Gasteiger partial charge < -0.3 is 10.0 Å². The molecule has 152 valence electrons. The summed E-state index contributed by atoms with van der Waals surface area (Å²) in [6.45, 7) is 9.59. The van der Waals surface area contributed by atoms with Gasteiger partial charge >= 0.3 is 5.97 Å². The maximum absolute atomic E-state index is 12.3. The Morgan fingerprint density at radius 1 is 1.25 bits per heavy atom. The van der Waals surface area contributed by atoms with E-state index in [1.54, 1.807) is 12.1 Å². The van der Waals surface area contributed by atoms with Gasteiger partial charge in [-0.2, -0.15) is 0 Å². The van der Waals surface area contributed by atoms with E-state index in [4.69, 9.17) is 5.11 Å². The van der Waals surface area contributed by atoms with Crippen molar-refractivity contribution >= 4 is 11.9 Å². The van der Waals surface area contributed by atoms with Crippen molar-refractivity contribution in [2.75, 3.05) is 6.54 Å². The third-order valence-corrected chi connectivity index (χ3v) is 5.20. The van der Waals surface area contributed by atoms with Gasteiger partial charge in [-0.15, -0.1) is 0 Å². The number of carboxylic acid groups (broad SMARTS) is 1. The minimum absolute atomic E-state index is 0.150. The molecule has 0 saturated carbocycles. The van der Waals surface area contributed by atoms with E-state index in [0.29, 0.717) is 18.4 Å². The molecule has 1 aromatic rings. The third-order valence-electron chi connectivity index (χ3n) is 5.20. The molecule has 1 atom stereocenters. The van der Waals surface area contributed by atoms with E-state index >= 15 is 0 Å². The summed E-state index contributed by atoms with van der Waals surface area (Å²) in [6, 6.07) is 7.04. The van der Waals surface area contributed by atoms with E-state index in [0.717, 1.165) is 31.2 Å². The topological polar surface area (TPSA) is 57.6 Å². The second-order valence-corrected chi connectivity index (χ2v) is 8.90. The van der Waals surface area contributed by atoms with Crippen molar-refractivity contribution in [1.82, 2.24) is 4.90 Å². The van der Waals surface area contributed by atoms with Crippen LogP contribution in [0.25, 0.3) is 0 Å². The minimum Gasteiger partial charge on any atom is -0.478 e. The summed E-state index contributed by atoms with van der Waals surface area (Å²) in [5, 5.41) is 8.98. The smallest absolute Gasteiger partial charge is 0.335 e. The second-order valence-electron chi connectivity index (χ2n) is 8.90. The molecule has 0 bridgehead atoms. The first kappa shape index (κ1) is 21.9. The van der Waals surface area contributed by atoms with Crippen LogP contribution in [0.15, 0.2) is 48.1 Å². The van der Waals surface area contributed by atoms with Gasteiger partial charge in [-0.25, -0.2) is 4.79 Å². The number of likely N-dealkylation sites (tertiary alicyclic amines) is 1. The number of allylic oxidation sites excluding steroid dienone is 3. The monoisotopic (exact) mass is 383 g/mol. The number of carbonyl (C=O) groups is 2. The molecule has 0 aliphatic carbocycles. The highest BCUT2D eigenvalue weighted by Crippen LogP contribution is 2.24. The summed E-state index contributed by atoms with van der Waals surface area (Å²) < 4.78 is 0. The summed E-state index contributed by atoms with van der Waals surface area (Å²) in [6.07, 6.45) is 10.8. The van der Waals surface area contributed by atoms with Crippen LogP contribution < -0.4 is 0 Å². The predicted octanol–water partition coefficient (Wildman–Crippen LogP) is 5.25. The summed E-state index contributed by atoms with van der Waals surface area (Å²) in [7, 11) is 0. The molecule has 1 saturated heterocycles. The van der Waals surface area contributed by atoms with Crippen molar-refractivity contribution in [3.8, 4) is 0 Å². The number of aromatic carboxylic acids is 1. The Morgan fingerprint density at radius 3 is 2.54 bits per heavy atom. The number of carbonyl (C=O) groups excluding carboxylic acids is 1. The SMILES string of the molecule is C/C(=C\C=C/[C@H]1CCC(=O)N1CCc1ccc(C(=O)O)cc1)CCC(C)(C)C. The van der Waals surface area contributed by atoms with Gasteiger partial charge in [0.15, 0.2) is 0 Å². The van der Waals surface area contributed by atoms with Gasteiger partial charge in [0, 0.05) is 13.0 Å². The second kappa shape index (κ2) is 9.72. The number of carboxylic acids is 1. The molecule has 2 rings (SSSR count). The third kappa shape index (κ3) is 6.99. The van der Waals surface area contributed by atoms with Gasteiger partial charge in [0.05, 0.1) is 11.6 Å². The minimum atomic E-state index is -0.919. The highest BCUT2D eigenvalue weighted by Gasteiger charge is 2.28. The van der Waals surface area contributed by atoms with E-state index in [2.05, 4.69) is 45.9 Å². The molecular formula is C24H33NO3. The number of benzene rings is 1. The molecule has 0 spiro atoms. The van der Waals surface area contributed by atoms with Crippen LogP contribution in [0.4, 0.5) is 0 Å². The van der Waals surface area contributed by atoms with E-state index in [1.165, 1.54) is 5.57 Å². The Balaban J connectivity index is 1.90. The Labute approximate surface area is 168 Å². The highest BCUT2D eigenvalue weighted by molar-refractivity contribution is 5.87. The molecule has 1 amide bonds. The number of nitrogens with zero attached hydrogens (tertiary/aromatic N) is 1.